The molecule has 0 aliphatic carbocycles. The van der Waals surface area contributed by atoms with Crippen LogP contribution >= 0.6 is 15.9 Å². The van der Waals surface area contributed by atoms with Crippen LogP contribution in [0, 0.1) is 5.82 Å². The Bertz CT molecular complexity index is 419. The van der Waals surface area contributed by atoms with Crippen LogP contribution in [-0.4, -0.2) is 25.9 Å². The molecule has 0 saturated heterocycles. The maximum atomic E-state index is 13.8. The van der Waals surface area contributed by atoms with E-state index >= 15 is 0 Å². The Kier molecular flexibility index (Phi) is 4.38. The number of hydrogen-bond acceptors (Lipinski definition) is 3. The highest BCUT2D eigenvalue weighted by atomic mass is 79.9. The number of aliphatic hydroxyl groups is 1. The topological polar surface area (TPSA) is 38.7 Å². The molecule has 5 heteroatoms. The van der Waals surface area contributed by atoms with Crippen LogP contribution in [0.25, 0.3) is 0 Å². The van der Waals surface area contributed by atoms with Gasteiger partial charge < -0.3 is 14.6 Å². The monoisotopic (exact) mass is 306 g/mol. The number of hydrogen-bond donors (Lipinski definition) is 1. The van der Waals surface area contributed by atoms with Crippen molar-refractivity contribution in [2.75, 3.05) is 20.8 Å². The van der Waals surface area contributed by atoms with Crippen molar-refractivity contribution >= 4 is 15.9 Å². The van der Waals surface area contributed by atoms with E-state index in [1.807, 2.05) is 13.8 Å². The fraction of sp³-hybridized carbons (Fsp3) is 0.500. The second-order valence-corrected chi connectivity index (χ2v) is 5.12. The van der Waals surface area contributed by atoms with Gasteiger partial charge in [-0.2, -0.15) is 0 Å². The third-order valence-electron chi connectivity index (χ3n) is 2.66. The molecule has 0 spiro atoms. The molecule has 0 aliphatic rings. The molecule has 0 aromatic heterocycles. The van der Waals surface area contributed by atoms with Crippen LogP contribution in [0.3, 0.4) is 0 Å². The van der Waals surface area contributed by atoms with Crippen molar-refractivity contribution in [2.24, 2.45) is 0 Å². The van der Waals surface area contributed by atoms with Gasteiger partial charge in [-0.1, -0.05) is 13.8 Å². The van der Waals surface area contributed by atoms with Crippen LogP contribution in [0.2, 0.25) is 0 Å². The van der Waals surface area contributed by atoms with Gasteiger partial charge in [0.25, 0.3) is 0 Å². The minimum Gasteiger partial charge on any atom is -0.495 e. The number of halogens is 2. The van der Waals surface area contributed by atoms with Crippen LogP contribution in [0.1, 0.15) is 19.4 Å². The van der Waals surface area contributed by atoms with E-state index in [9.17, 15) is 9.50 Å². The Labute approximate surface area is 109 Å². The Morgan fingerprint density at radius 3 is 2.24 bits per heavy atom. The molecule has 0 heterocycles. The van der Waals surface area contributed by atoms with E-state index in [4.69, 9.17) is 9.47 Å². The van der Waals surface area contributed by atoms with Crippen LogP contribution < -0.4 is 9.47 Å². The lowest BCUT2D eigenvalue weighted by Crippen LogP contribution is -2.23. The van der Waals surface area contributed by atoms with Crippen LogP contribution in [-0.2, 0) is 5.41 Å². The Morgan fingerprint density at radius 1 is 1.29 bits per heavy atom. The highest BCUT2D eigenvalue weighted by molar-refractivity contribution is 9.10. The lowest BCUT2D eigenvalue weighted by molar-refractivity contribution is 0.214. The van der Waals surface area contributed by atoms with Gasteiger partial charge in [-0.25, -0.2) is 4.39 Å². The first-order valence-electron chi connectivity index (χ1n) is 5.10. The summed E-state index contributed by atoms with van der Waals surface area (Å²) in [5.74, 6) is 0.0818. The second-order valence-electron chi connectivity index (χ2n) is 4.33. The number of aliphatic hydroxyl groups excluding tert-OH is 1. The zero-order valence-corrected chi connectivity index (χ0v) is 11.9. The molecule has 1 rings (SSSR count). The Hall–Kier alpha value is -0.810. The first-order chi connectivity index (χ1) is 7.88. The summed E-state index contributed by atoms with van der Waals surface area (Å²) >= 11 is 3.25. The quantitative estimate of drug-likeness (QED) is 0.929. The lowest BCUT2D eigenvalue weighted by atomic mass is 9.84. The molecule has 0 radical (unpaired) electrons. The predicted molar refractivity (Wildman–Crippen MR) is 67.3 cm³/mol. The normalized spacial score (nSPS) is 11.5. The van der Waals surface area contributed by atoms with Gasteiger partial charge in [0.1, 0.15) is 10.2 Å². The third-order valence-corrected chi connectivity index (χ3v) is 3.38. The van der Waals surface area contributed by atoms with Crippen molar-refractivity contribution in [3.63, 3.8) is 0 Å². The highest BCUT2D eigenvalue weighted by Crippen LogP contribution is 2.43. The number of benzene rings is 1. The van der Waals surface area contributed by atoms with Gasteiger partial charge in [0.05, 0.1) is 20.8 Å². The fourth-order valence-electron chi connectivity index (χ4n) is 1.56. The highest BCUT2D eigenvalue weighted by Gasteiger charge is 2.28. The third kappa shape index (κ3) is 2.55. The molecule has 0 amide bonds. The average Bonchev–Trinajstić information content (AvgIpc) is 2.29. The molecule has 1 aromatic carbocycles. The Balaban J connectivity index is 3.52. The van der Waals surface area contributed by atoms with Gasteiger partial charge >= 0.3 is 0 Å². The van der Waals surface area contributed by atoms with E-state index < -0.39 is 11.2 Å². The molecule has 0 bridgehead atoms. The summed E-state index contributed by atoms with van der Waals surface area (Å²) in [6.45, 7) is 3.51. The standard InChI is InChI=1S/C12H16BrFO3/c1-12(2,6-15)7-5-8(14)11(17-4)9(13)10(7)16-3/h5,15H,6H2,1-4H3. The molecule has 0 saturated carbocycles. The molecule has 1 aromatic rings. The maximum absolute atomic E-state index is 13.8. The smallest absolute Gasteiger partial charge is 0.172 e. The summed E-state index contributed by atoms with van der Waals surface area (Å²) in [5, 5.41) is 9.35. The molecule has 1 N–H and O–H groups in total. The minimum atomic E-state index is -0.596. The predicted octanol–water partition coefficient (Wildman–Crippen LogP) is 2.88. The van der Waals surface area contributed by atoms with Crippen molar-refractivity contribution in [2.45, 2.75) is 19.3 Å². The van der Waals surface area contributed by atoms with Crippen LogP contribution in [0.4, 0.5) is 4.39 Å². The zero-order chi connectivity index (χ0) is 13.2. The van der Waals surface area contributed by atoms with Gasteiger partial charge in [-0.3, -0.25) is 0 Å². The second kappa shape index (κ2) is 5.23. The van der Waals surface area contributed by atoms with E-state index in [0.29, 0.717) is 15.8 Å². The molecule has 3 nitrogen and oxygen atoms in total. The summed E-state index contributed by atoms with van der Waals surface area (Å²) in [5.41, 5.74) is -0.00582. The fourth-order valence-corrected chi connectivity index (χ4v) is 2.29. The van der Waals surface area contributed by atoms with E-state index in [-0.39, 0.29) is 12.4 Å². The molecule has 0 unspecified atom stereocenters. The summed E-state index contributed by atoms with van der Waals surface area (Å²) in [7, 11) is 2.88. The molecular weight excluding hydrogens is 291 g/mol. The largest absolute Gasteiger partial charge is 0.495 e. The van der Waals surface area contributed by atoms with Gasteiger partial charge in [-0.15, -0.1) is 0 Å². The summed E-state index contributed by atoms with van der Waals surface area (Å²) in [6, 6.07) is 1.33. The van der Waals surface area contributed by atoms with Crippen LogP contribution in [0.5, 0.6) is 11.5 Å². The maximum Gasteiger partial charge on any atom is 0.172 e. The van der Waals surface area contributed by atoms with E-state index in [2.05, 4.69) is 15.9 Å². The van der Waals surface area contributed by atoms with Crippen molar-refractivity contribution in [3.05, 3.63) is 21.9 Å². The zero-order valence-electron chi connectivity index (χ0n) is 10.3. The molecular formula is C12H16BrFO3. The first-order valence-corrected chi connectivity index (χ1v) is 5.89. The summed E-state index contributed by atoms with van der Waals surface area (Å²) in [6.07, 6.45) is 0. The van der Waals surface area contributed by atoms with E-state index in [0.717, 1.165) is 0 Å². The van der Waals surface area contributed by atoms with Gasteiger partial charge in [0.15, 0.2) is 11.6 Å². The van der Waals surface area contributed by atoms with Crippen molar-refractivity contribution in [1.29, 1.82) is 0 Å². The summed E-state index contributed by atoms with van der Waals surface area (Å²) in [4.78, 5) is 0. The number of ether oxygens (including phenoxy) is 2. The SMILES string of the molecule is COc1c(F)cc(C(C)(C)CO)c(OC)c1Br. The van der Waals surface area contributed by atoms with Gasteiger partial charge in [0, 0.05) is 11.0 Å². The summed E-state index contributed by atoms with van der Waals surface area (Å²) < 4.78 is 24.4. The Morgan fingerprint density at radius 2 is 1.82 bits per heavy atom. The molecule has 17 heavy (non-hydrogen) atoms. The van der Waals surface area contributed by atoms with Crippen molar-refractivity contribution in [3.8, 4) is 11.5 Å². The lowest BCUT2D eigenvalue weighted by Gasteiger charge is -2.26. The number of rotatable bonds is 4. The minimum absolute atomic E-state index is 0.0966. The molecule has 0 atom stereocenters. The molecule has 0 aliphatic heterocycles. The van der Waals surface area contributed by atoms with E-state index in [1.54, 1.807) is 0 Å². The first kappa shape index (κ1) is 14.3. The van der Waals surface area contributed by atoms with Crippen molar-refractivity contribution < 1.29 is 19.0 Å². The van der Waals surface area contributed by atoms with Gasteiger partial charge in [-0.05, 0) is 22.0 Å². The molecule has 0 fully saturated rings. The van der Waals surface area contributed by atoms with Crippen molar-refractivity contribution in [1.82, 2.24) is 0 Å². The van der Waals surface area contributed by atoms with Gasteiger partial charge in [0.2, 0.25) is 0 Å². The average molecular weight is 307 g/mol. The van der Waals surface area contributed by atoms with Crippen LogP contribution in [0.15, 0.2) is 10.5 Å². The van der Waals surface area contributed by atoms with E-state index in [1.165, 1.54) is 20.3 Å². The molecule has 96 valence electrons. The number of methoxy groups -OCH3 is 2.